The van der Waals surface area contributed by atoms with E-state index in [0.717, 1.165) is 11.1 Å². The van der Waals surface area contributed by atoms with Gasteiger partial charge in [0.05, 0.1) is 5.69 Å². The van der Waals surface area contributed by atoms with Gasteiger partial charge in [-0.2, -0.15) is 0 Å². The highest BCUT2D eigenvalue weighted by Crippen LogP contribution is 2.33. The van der Waals surface area contributed by atoms with Crippen molar-refractivity contribution < 1.29 is 14.3 Å². The molecule has 0 aromatic heterocycles. The van der Waals surface area contributed by atoms with E-state index in [9.17, 15) is 9.59 Å². The Labute approximate surface area is 138 Å². The molecule has 0 fully saturated rings. The molecule has 0 unspecified atom stereocenters. The number of hydrogen-bond acceptors (Lipinski definition) is 3. The molecule has 2 aromatic rings. The molecule has 2 aromatic carbocycles. The van der Waals surface area contributed by atoms with Crippen LogP contribution in [-0.4, -0.2) is 11.8 Å². The zero-order valence-electron chi connectivity index (χ0n) is 12.7. The van der Waals surface area contributed by atoms with Gasteiger partial charge in [-0.25, -0.2) is 4.90 Å². The lowest BCUT2D eigenvalue weighted by molar-refractivity contribution is -0.120. The van der Waals surface area contributed by atoms with Gasteiger partial charge in [-0.3, -0.25) is 9.59 Å². The molecule has 0 aliphatic carbocycles. The lowest BCUT2D eigenvalue weighted by atomic mass is 10.1. The number of benzene rings is 2. The lowest BCUT2D eigenvalue weighted by Crippen LogP contribution is -2.30. The van der Waals surface area contributed by atoms with E-state index in [4.69, 9.17) is 16.3 Å². The molecule has 3 rings (SSSR count). The van der Waals surface area contributed by atoms with Gasteiger partial charge in [-0.15, -0.1) is 0 Å². The van der Waals surface area contributed by atoms with Crippen molar-refractivity contribution >= 4 is 29.1 Å². The van der Waals surface area contributed by atoms with Crippen molar-refractivity contribution in [2.24, 2.45) is 0 Å². The Kier molecular flexibility index (Phi) is 3.92. The van der Waals surface area contributed by atoms with E-state index in [0.29, 0.717) is 22.2 Å². The highest BCUT2D eigenvalue weighted by atomic mass is 35.5. The maximum Gasteiger partial charge on any atom is 0.258 e. The summed E-state index contributed by atoms with van der Waals surface area (Å²) in [5.74, 6) is 0.589. The first-order chi connectivity index (χ1) is 11.0. The summed E-state index contributed by atoms with van der Waals surface area (Å²) < 4.78 is 5.80. The number of anilines is 1. The fourth-order valence-corrected chi connectivity index (χ4v) is 2.80. The highest BCUT2D eigenvalue weighted by Gasteiger charge is 2.28. The molecule has 5 heteroatoms. The van der Waals surface area contributed by atoms with Gasteiger partial charge in [0.15, 0.2) is 0 Å². The second-order valence-corrected chi connectivity index (χ2v) is 5.75. The smallest absolute Gasteiger partial charge is 0.258 e. The van der Waals surface area contributed by atoms with Crippen LogP contribution in [-0.2, 0) is 9.59 Å². The van der Waals surface area contributed by atoms with Crippen LogP contribution >= 0.6 is 11.6 Å². The molecule has 2 amide bonds. The van der Waals surface area contributed by atoms with Crippen LogP contribution < -0.4 is 9.64 Å². The van der Waals surface area contributed by atoms with Crippen molar-refractivity contribution in [3.63, 3.8) is 0 Å². The molecule has 23 heavy (non-hydrogen) atoms. The van der Waals surface area contributed by atoms with Gasteiger partial charge in [0.1, 0.15) is 11.5 Å². The number of rotatable bonds is 3. The van der Waals surface area contributed by atoms with Crippen molar-refractivity contribution in [2.45, 2.75) is 13.8 Å². The van der Waals surface area contributed by atoms with Crippen LogP contribution in [0.4, 0.5) is 5.69 Å². The number of carbonyl (C=O) groups is 2. The van der Waals surface area contributed by atoms with E-state index < -0.39 is 0 Å². The average Bonchev–Trinajstić information content (AvgIpc) is 2.79. The van der Waals surface area contributed by atoms with Gasteiger partial charge in [-0.1, -0.05) is 17.7 Å². The molecule has 0 N–H and O–H groups in total. The SMILES string of the molecule is Cc1cc(Oc2cccc(Cl)c2)cc(C)c1N1C(=O)C=CC1=O. The summed E-state index contributed by atoms with van der Waals surface area (Å²) in [6.07, 6.45) is 2.55. The van der Waals surface area contributed by atoms with Crippen LogP contribution in [0.3, 0.4) is 0 Å². The average molecular weight is 328 g/mol. The summed E-state index contributed by atoms with van der Waals surface area (Å²) in [4.78, 5) is 24.9. The normalized spacial score (nSPS) is 13.8. The van der Waals surface area contributed by atoms with Gasteiger partial charge >= 0.3 is 0 Å². The lowest BCUT2D eigenvalue weighted by Gasteiger charge is -2.20. The number of nitrogens with zero attached hydrogens (tertiary/aromatic N) is 1. The molecule has 0 saturated carbocycles. The number of amides is 2. The number of ether oxygens (including phenoxy) is 1. The molecule has 0 bridgehead atoms. The fourth-order valence-electron chi connectivity index (χ4n) is 2.62. The van der Waals surface area contributed by atoms with E-state index in [1.165, 1.54) is 17.1 Å². The van der Waals surface area contributed by atoms with E-state index in [1.54, 1.807) is 30.3 Å². The Hall–Kier alpha value is -2.59. The number of carbonyl (C=O) groups excluding carboxylic acids is 2. The first kappa shape index (κ1) is 15.3. The van der Waals surface area contributed by atoms with Gasteiger partial charge in [0.2, 0.25) is 0 Å². The maximum absolute atomic E-state index is 11.9. The number of imide groups is 1. The first-order valence-electron chi connectivity index (χ1n) is 7.06. The van der Waals surface area contributed by atoms with Crippen molar-refractivity contribution in [1.82, 2.24) is 0 Å². The first-order valence-corrected chi connectivity index (χ1v) is 7.44. The number of halogens is 1. The summed E-state index contributed by atoms with van der Waals surface area (Å²) in [7, 11) is 0. The maximum atomic E-state index is 11.9. The molecule has 1 aliphatic rings. The zero-order chi connectivity index (χ0) is 16.6. The minimum atomic E-state index is -0.329. The van der Waals surface area contributed by atoms with Crippen molar-refractivity contribution in [3.8, 4) is 11.5 Å². The van der Waals surface area contributed by atoms with E-state index in [2.05, 4.69) is 0 Å². The summed E-state index contributed by atoms with van der Waals surface area (Å²) in [6.45, 7) is 3.68. The van der Waals surface area contributed by atoms with Gasteiger partial charge in [0, 0.05) is 17.2 Å². The monoisotopic (exact) mass is 327 g/mol. The predicted octanol–water partition coefficient (Wildman–Crippen LogP) is 4.18. The molecule has 1 aliphatic heterocycles. The second-order valence-electron chi connectivity index (χ2n) is 5.31. The molecule has 0 saturated heterocycles. The molecular formula is C18H14ClNO3. The Balaban J connectivity index is 1.95. The Morgan fingerprint density at radius 1 is 0.913 bits per heavy atom. The van der Waals surface area contributed by atoms with Gasteiger partial charge in [-0.05, 0) is 55.3 Å². The summed E-state index contributed by atoms with van der Waals surface area (Å²) in [5, 5.41) is 0.590. The van der Waals surface area contributed by atoms with Crippen LogP contribution in [0.2, 0.25) is 5.02 Å². The van der Waals surface area contributed by atoms with Crippen LogP contribution in [0.5, 0.6) is 11.5 Å². The third-order valence-corrected chi connectivity index (χ3v) is 3.76. The molecule has 0 radical (unpaired) electrons. The van der Waals surface area contributed by atoms with Crippen LogP contribution in [0.15, 0.2) is 48.6 Å². The molecular weight excluding hydrogens is 314 g/mol. The summed E-state index contributed by atoms with van der Waals surface area (Å²) in [5.41, 5.74) is 2.17. The largest absolute Gasteiger partial charge is 0.457 e. The molecule has 4 nitrogen and oxygen atoms in total. The number of aryl methyl sites for hydroxylation is 2. The summed E-state index contributed by atoms with van der Waals surface area (Å²) >= 11 is 5.95. The Bertz CT molecular complexity index is 801. The van der Waals surface area contributed by atoms with Gasteiger partial charge in [0.25, 0.3) is 11.8 Å². The van der Waals surface area contributed by atoms with Crippen molar-refractivity contribution in [3.05, 3.63) is 64.7 Å². The summed E-state index contributed by atoms with van der Waals surface area (Å²) in [6, 6.07) is 10.7. The molecule has 0 atom stereocenters. The van der Waals surface area contributed by atoms with Crippen LogP contribution in [0, 0.1) is 13.8 Å². The van der Waals surface area contributed by atoms with Gasteiger partial charge < -0.3 is 4.74 Å². The van der Waals surface area contributed by atoms with E-state index in [-0.39, 0.29) is 11.8 Å². The quantitative estimate of drug-likeness (QED) is 0.794. The third-order valence-electron chi connectivity index (χ3n) is 3.53. The standard InChI is InChI=1S/C18H14ClNO3/c1-11-8-15(23-14-5-3-4-13(19)10-14)9-12(2)18(11)20-16(21)6-7-17(20)22/h3-10H,1-2H3. The van der Waals surface area contributed by atoms with Crippen LogP contribution in [0.25, 0.3) is 0 Å². The van der Waals surface area contributed by atoms with Crippen molar-refractivity contribution in [1.29, 1.82) is 0 Å². The minimum absolute atomic E-state index is 0.329. The Morgan fingerprint density at radius 2 is 1.52 bits per heavy atom. The van der Waals surface area contributed by atoms with Crippen molar-refractivity contribution in [2.75, 3.05) is 4.90 Å². The Morgan fingerprint density at radius 3 is 2.09 bits per heavy atom. The predicted molar refractivity (Wildman–Crippen MR) is 89.1 cm³/mol. The van der Waals surface area contributed by atoms with E-state index in [1.807, 2.05) is 19.9 Å². The number of hydrogen-bond donors (Lipinski definition) is 0. The van der Waals surface area contributed by atoms with Crippen LogP contribution in [0.1, 0.15) is 11.1 Å². The van der Waals surface area contributed by atoms with E-state index >= 15 is 0 Å². The second kappa shape index (κ2) is 5.89. The molecule has 1 heterocycles. The molecule has 0 spiro atoms. The third kappa shape index (κ3) is 2.98. The topological polar surface area (TPSA) is 46.6 Å². The molecule has 116 valence electrons. The zero-order valence-corrected chi connectivity index (χ0v) is 13.4. The fraction of sp³-hybridized carbons (Fsp3) is 0.111. The minimum Gasteiger partial charge on any atom is -0.457 e. The highest BCUT2D eigenvalue weighted by molar-refractivity contribution is 6.30.